The third-order valence-electron chi connectivity index (χ3n) is 1.51. The molecule has 0 aromatic carbocycles. The highest BCUT2D eigenvalue weighted by atomic mass is 35.5. The second-order valence-corrected chi connectivity index (χ2v) is 3.10. The van der Waals surface area contributed by atoms with Crippen LogP contribution < -0.4 is 5.73 Å². The summed E-state index contributed by atoms with van der Waals surface area (Å²) < 4.78 is 0. The Morgan fingerprint density at radius 2 is 2.18 bits per heavy atom. The minimum Gasteiger partial charge on any atom is -0.321 e. The SMILES string of the molecule is CC(C)C(N)c1nc(Cl)n[nH]1. The van der Waals surface area contributed by atoms with E-state index in [9.17, 15) is 0 Å². The molecule has 1 aromatic rings. The molecule has 1 atom stereocenters. The summed E-state index contributed by atoms with van der Waals surface area (Å²) in [4.78, 5) is 3.91. The molecule has 0 fully saturated rings. The molecule has 1 rings (SSSR count). The van der Waals surface area contributed by atoms with Gasteiger partial charge in [-0.3, -0.25) is 5.10 Å². The second-order valence-electron chi connectivity index (χ2n) is 2.76. The lowest BCUT2D eigenvalue weighted by Gasteiger charge is -2.10. The summed E-state index contributed by atoms with van der Waals surface area (Å²) in [5.74, 6) is 0.976. The van der Waals surface area contributed by atoms with E-state index >= 15 is 0 Å². The average Bonchev–Trinajstić information content (AvgIpc) is 2.34. The van der Waals surface area contributed by atoms with E-state index in [4.69, 9.17) is 17.3 Å². The molecule has 0 bridgehead atoms. The fourth-order valence-corrected chi connectivity index (χ4v) is 0.851. The number of H-pyrrole nitrogens is 1. The maximum atomic E-state index is 5.76. The van der Waals surface area contributed by atoms with Gasteiger partial charge in [-0.25, -0.2) is 4.98 Å². The number of aromatic nitrogens is 3. The van der Waals surface area contributed by atoms with Gasteiger partial charge < -0.3 is 5.73 Å². The van der Waals surface area contributed by atoms with Crippen molar-refractivity contribution in [2.45, 2.75) is 19.9 Å². The van der Waals surface area contributed by atoms with Crippen LogP contribution in [-0.2, 0) is 0 Å². The lowest BCUT2D eigenvalue weighted by molar-refractivity contribution is 0.492. The largest absolute Gasteiger partial charge is 0.321 e. The number of nitrogens with zero attached hydrogens (tertiary/aromatic N) is 2. The number of nitrogens with two attached hydrogens (primary N) is 1. The van der Waals surface area contributed by atoms with Crippen molar-refractivity contribution in [1.29, 1.82) is 0 Å². The molecule has 0 amide bonds. The Kier molecular flexibility index (Phi) is 2.46. The smallest absolute Gasteiger partial charge is 0.242 e. The van der Waals surface area contributed by atoms with Crippen molar-refractivity contribution < 1.29 is 0 Å². The molecule has 5 heteroatoms. The van der Waals surface area contributed by atoms with Crippen molar-refractivity contribution >= 4 is 11.6 Å². The first-order chi connectivity index (χ1) is 5.11. The summed E-state index contributed by atoms with van der Waals surface area (Å²) in [5.41, 5.74) is 5.76. The molecule has 0 aliphatic heterocycles. The summed E-state index contributed by atoms with van der Waals surface area (Å²) in [6, 6.07) is -0.116. The molecular formula is C6H11ClN4. The third kappa shape index (κ3) is 1.91. The van der Waals surface area contributed by atoms with Gasteiger partial charge in [0.05, 0.1) is 6.04 Å². The molecule has 1 aromatic heterocycles. The molecule has 1 unspecified atom stereocenters. The first kappa shape index (κ1) is 8.49. The van der Waals surface area contributed by atoms with Crippen molar-refractivity contribution in [2.75, 3.05) is 0 Å². The van der Waals surface area contributed by atoms with Crippen molar-refractivity contribution in [3.63, 3.8) is 0 Å². The van der Waals surface area contributed by atoms with Crippen molar-refractivity contribution in [1.82, 2.24) is 15.2 Å². The zero-order valence-corrected chi connectivity index (χ0v) is 7.26. The molecule has 11 heavy (non-hydrogen) atoms. The van der Waals surface area contributed by atoms with Gasteiger partial charge >= 0.3 is 0 Å². The van der Waals surface area contributed by atoms with Gasteiger partial charge in [-0.2, -0.15) is 0 Å². The molecule has 0 aliphatic carbocycles. The van der Waals surface area contributed by atoms with E-state index in [2.05, 4.69) is 15.2 Å². The zero-order valence-electron chi connectivity index (χ0n) is 6.50. The van der Waals surface area contributed by atoms with Crippen LogP contribution in [0.5, 0.6) is 0 Å². The fraction of sp³-hybridized carbons (Fsp3) is 0.667. The summed E-state index contributed by atoms with van der Waals surface area (Å²) >= 11 is 5.50. The maximum absolute atomic E-state index is 5.76. The Hall–Kier alpha value is -0.610. The van der Waals surface area contributed by atoms with Gasteiger partial charge in [0.1, 0.15) is 5.82 Å². The molecule has 62 valence electrons. The summed E-state index contributed by atoms with van der Waals surface area (Å²) in [7, 11) is 0. The van der Waals surface area contributed by atoms with Crippen LogP contribution in [0.3, 0.4) is 0 Å². The van der Waals surface area contributed by atoms with E-state index in [1.807, 2.05) is 13.8 Å². The summed E-state index contributed by atoms with van der Waals surface area (Å²) in [5, 5.41) is 6.56. The molecule has 0 aliphatic rings. The number of nitrogens with one attached hydrogen (secondary N) is 1. The summed E-state index contributed by atoms with van der Waals surface area (Å²) in [6.07, 6.45) is 0. The molecule has 0 spiro atoms. The minimum atomic E-state index is -0.116. The van der Waals surface area contributed by atoms with E-state index in [1.54, 1.807) is 0 Å². The van der Waals surface area contributed by atoms with Crippen LogP contribution in [-0.4, -0.2) is 15.2 Å². The van der Waals surface area contributed by atoms with Crippen LogP contribution in [0.4, 0.5) is 0 Å². The lowest BCUT2D eigenvalue weighted by Crippen LogP contribution is -2.18. The highest BCUT2D eigenvalue weighted by Gasteiger charge is 2.13. The van der Waals surface area contributed by atoms with Gasteiger partial charge in [-0.05, 0) is 17.5 Å². The van der Waals surface area contributed by atoms with Crippen LogP contribution in [0.25, 0.3) is 0 Å². The van der Waals surface area contributed by atoms with Gasteiger partial charge in [0, 0.05) is 0 Å². The van der Waals surface area contributed by atoms with Crippen LogP contribution >= 0.6 is 11.6 Å². The molecule has 0 saturated carbocycles. The van der Waals surface area contributed by atoms with Crippen LogP contribution in [0.1, 0.15) is 25.7 Å². The Morgan fingerprint density at radius 3 is 2.55 bits per heavy atom. The van der Waals surface area contributed by atoms with Crippen molar-refractivity contribution in [2.24, 2.45) is 11.7 Å². The quantitative estimate of drug-likeness (QED) is 0.706. The van der Waals surface area contributed by atoms with E-state index in [0.29, 0.717) is 11.7 Å². The third-order valence-corrected chi connectivity index (χ3v) is 1.68. The molecule has 4 nitrogen and oxygen atoms in total. The maximum Gasteiger partial charge on any atom is 0.242 e. The molecule has 0 saturated heterocycles. The van der Waals surface area contributed by atoms with Gasteiger partial charge in [0.15, 0.2) is 0 Å². The zero-order chi connectivity index (χ0) is 8.43. The average molecular weight is 175 g/mol. The minimum absolute atomic E-state index is 0.116. The predicted molar refractivity (Wildman–Crippen MR) is 43.2 cm³/mol. The number of hydrogen-bond acceptors (Lipinski definition) is 3. The van der Waals surface area contributed by atoms with E-state index in [0.717, 1.165) is 0 Å². The standard InChI is InChI=1S/C6H11ClN4/c1-3(2)4(8)5-9-6(7)11-10-5/h3-4H,8H2,1-2H3,(H,9,10,11). The fourth-order valence-electron chi connectivity index (χ4n) is 0.718. The Morgan fingerprint density at radius 1 is 1.55 bits per heavy atom. The van der Waals surface area contributed by atoms with E-state index in [-0.39, 0.29) is 11.3 Å². The molecule has 3 N–H and O–H groups in total. The normalized spacial score (nSPS) is 13.9. The van der Waals surface area contributed by atoms with E-state index < -0.39 is 0 Å². The lowest BCUT2D eigenvalue weighted by atomic mass is 10.1. The molecular weight excluding hydrogens is 164 g/mol. The molecule has 1 heterocycles. The van der Waals surface area contributed by atoms with Crippen LogP contribution in [0.2, 0.25) is 5.28 Å². The Labute approximate surface area is 70.2 Å². The number of halogens is 1. The summed E-state index contributed by atoms with van der Waals surface area (Å²) in [6.45, 7) is 4.03. The number of hydrogen-bond donors (Lipinski definition) is 2. The van der Waals surface area contributed by atoms with Crippen LogP contribution in [0, 0.1) is 5.92 Å². The van der Waals surface area contributed by atoms with Crippen LogP contribution in [0.15, 0.2) is 0 Å². The Bertz CT molecular complexity index is 232. The first-order valence-corrected chi connectivity index (χ1v) is 3.82. The van der Waals surface area contributed by atoms with Crippen molar-refractivity contribution in [3.05, 3.63) is 11.1 Å². The van der Waals surface area contributed by atoms with Gasteiger partial charge in [0.2, 0.25) is 5.28 Å². The topological polar surface area (TPSA) is 67.6 Å². The van der Waals surface area contributed by atoms with Gasteiger partial charge in [-0.1, -0.05) is 13.8 Å². The van der Waals surface area contributed by atoms with E-state index in [1.165, 1.54) is 0 Å². The predicted octanol–water partition coefficient (Wildman–Crippen LogP) is 1.11. The Balaban J connectivity index is 2.76. The highest BCUT2D eigenvalue weighted by Crippen LogP contribution is 2.15. The van der Waals surface area contributed by atoms with Crippen molar-refractivity contribution in [3.8, 4) is 0 Å². The first-order valence-electron chi connectivity index (χ1n) is 3.44. The second kappa shape index (κ2) is 3.19. The number of aromatic amines is 1. The monoisotopic (exact) mass is 174 g/mol. The van der Waals surface area contributed by atoms with Gasteiger partial charge in [0.25, 0.3) is 0 Å². The number of rotatable bonds is 2. The highest BCUT2D eigenvalue weighted by molar-refractivity contribution is 6.28. The molecule has 0 radical (unpaired) electrons. The van der Waals surface area contributed by atoms with Gasteiger partial charge in [-0.15, -0.1) is 5.10 Å².